The molecule has 0 spiro atoms. The molecule has 0 radical (unpaired) electrons. The molecule has 2 atom stereocenters. The van der Waals surface area contributed by atoms with Crippen LogP contribution in [-0.4, -0.2) is 49.1 Å². The normalized spacial score (nSPS) is 28.6. The molecule has 0 aromatic heterocycles. The van der Waals surface area contributed by atoms with Crippen molar-refractivity contribution < 1.29 is 14.3 Å². The second-order valence-corrected chi connectivity index (χ2v) is 6.73. The average molecular weight is 303 g/mol. The van der Waals surface area contributed by atoms with Crippen LogP contribution in [0.25, 0.3) is 0 Å². The average Bonchev–Trinajstić information content (AvgIpc) is 2.46. The molecule has 2 heterocycles. The van der Waals surface area contributed by atoms with Crippen molar-refractivity contribution in [2.24, 2.45) is 5.92 Å². The molecule has 120 valence electrons. The second-order valence-electron chi connectivity index (χ2n) is 6.73. The highest BCUT2D eigenvalue weighted by Gasteiger charge is 2.39. The molecule has 22 heavy (non-hydrogen) atoms. The fraction of sp³-hybridized carbons (Fsp3) is 0.611. The van der Waals surface area contributed by atoms with Gasteiger partial charge in [0.2, 0.25) is 0 Å². The molecule has 2 fully saturated rings. The number of Topliss-reactive ketones (excluding diaryl/α,β-unsaturated/α-hetero) is 1. The maximum atomic E-state index is 12.8. The third-order valence-corrected chi connectivity index (χ3v) is 4.77. The minimum Gasteiger partial charge on any atom is -0.491 e. The first-order valence-electron chi connectivity index (χ1n) is 8.15. The Morgan fingerprint density at radius 3 is 2.32 bits per heavy atom. The van der Waals surface area contributed by atoms with Crippen molar-refractivity contribution in [3.8, 4) is 5.75 Å². The monoisotopic (exact) mass is 303 g/mol. The molecule has 2 aliphatic rings. The Kier molecular flexibility index (Phi) is 4.50. The number of carbonyl (C=O) groups is 1. The lowest BCUT2D eigenvalue weighted by molar-refractivity contribution is -0.0702. The Bertz CT molecular complexity index is 512. The number of fused-ring (bicyclic) bond motifs is 2. The van der Waals surface area contributed by atoms with E-state index in [1.165, 1.54) is 0 Å². The van der Waals surface area contributed by atoms with Gasteiger partial charge in [0, 0.05) is 23.6 Å². The predicted octanol–water partition coefficient (Wildman–Crippen LogP) is 2.77. The van der Waals surface area contributed by atoms with Crippen molar-refractivity contribution in [3.05, 3.63) is 29.8 Å². The first-order chi connectivity index (χ1) is 10.5. The lowest BCUT2D eigenvalue weighted by Gasteiger charge is -2.46. The van der Waals surface area contributed by atoms with Crippen LogP contribution in [0.4, 0.5) is 0 Å². The molecular formula is C18H25NO3. The van der Waals surface area contributed by atoms with Gasteiger partial charge in [0.05, 0.1) is 19.3 Å². The molecule has 0 amide bonds. The summed E-state index contributed by atoms with van der Waals surface area (Å²) in [6.45, 7) is 5.49. The summed E-state index contributed by atoms with van der Waals surface area (Å²) in [5, 5.41) is 0. The lowest BCUT2D eigenvalue weighted by atomic mass is 9.81. The van der Waals surface area contributed by atoms with E-state index >= 15 is 0 Å². The van der Waals surface area contributed by atoms with Gasteiger partial charge < -0.3 is 9.47 Å². The molecule has 2 bridgehead atoms. The van der Waals surface area contributed by atoms with Gasteiger partial charge in [0.15, 0.2) is 5.78 Å². The summed E-state index contributed by atoms with van der Waals surface area (Å²) in [5.74, 6) is 1.20. The summed E-state index contributed by atoms with van der Waals surface area (Å²) in [4.78, 5) is 15.2. The molecule has 2 aliphatic heterocycles. The fourth-order valence-electron chi connectivity index (χ4n) is 3.51. The van der Waals surface area contributed by atoms with E-state index in [-0.39, 0.29) is 17.8 Å². The molecule has 4 nitrogen and oxygen atoms in total. The third kappa shape index (κ3) is 3.18. The largest absolute Gasteiger partial charge is 0.491 e. The van der Waals surface area contributed by atoms with Crippen molar-refractivity contribution in [1.29, 1.82) is 0 Å². The van der Waals surface area contributed by atoms with Crippen molar-refractivity contribution in [2.75, 3.05) is 20.3 Å². The second kappa shape index (κ2) is 6.39. The summed E-state index contributed by atoms with van der Waals surface area (Å²) < 4.78 is 11.3. The van der Waals surface area contributed by atoms with Gasteiger partial charge in [-0.2, -0.15) is 0 Å². The van der Waals surface area contributed by atoms with E-state index in [1.54, 1.807) is 0 Å². The van der Waals surface area contributed by atoms with Gasteiger partial charge in [-0.15, -0.1) is 0 Å². The number of hydrogen-bond donors (Lipinski definition) is 0. The van der Waals surface area contributed by atoms with Gasteiger partial charge in [0.1, 0.15) is 5.75 Å². The Hall–Kier alpha value is -1.39. The Balaban J connectivity index is 1.69. The van der Waals surface area contributed by atoms with E-state index in [2.05, 4.69) is 11.9 Å². The van der Waals surface area contributed by atoms with Crippen LogP contribution in [0.15, 0.2) is 24.3 Å². The molecule has 0 aliphatic carbocycles. The number of piperidine rings is 1. The number of hydrogen-bond acceptors (Lipinski definition) is 4. The number of rotatable bonds is 4. The number of carbonyl (C=O) groups excluding carboxylic acids is 1. The van der Waals surface area contributed by atoms with Crippen LogP contribution in [0.5, 0.6) is 5.75 Å². The molecular weight excluding hydrogens is 278 g/mol. The van der Waals surface area contributed by atoms with Gasteiger partial charge in [-0.1, -0.05) is 0 Å². The van der Waals surface area contributed by atoms with Crippen LogP contribution < -0.4 is 4.74 Å². The van der Waals surface area contributed by atoms with Crippen molar-refractivity contribution in [2.45, 2.75) is 44.9 Å². The van der Waals surface area contributed by atoms with E-state index in [0.29, 0.717) is 12.1 Å². The Morgan fingerprint density at radius 2 is 1.77 bits per heavy atom. The fourth-order valence-corrected chi connectivity index (χ4v) is 3.51. The minimum absolute atomic E-state index is 0.118. The van der Waals surface area contributed by atoms with Gasteiger partial charge in [0.25, 0.3) is 0 Å². The zero-order valence-electron chi connectivity index (χ0n) is 13.6. The summed E-state index contributed by atoms with van der Waals surface area (Å²) in [6, 6.07) is 8.34. The number of morpholine rings is 1. The highest BCUT2D eigenvalue weighted by atomic mass is 16.5. The van der Waals surface area contributed by atoms with Crippen LogP contribution in [0.3, 0.4) is 0 Å². The smallest absolute Gasteiger partial charge is 0.166 e. The van der Waals surface area contributed by atoms with E-state index < -0.39 is 0 Å². The zero-order valence-corrected chi connectivity index (χ0v) is 13.6. The summed E-state index contributed by atoms with van der Waals surface area (Å²) in [7, 11) is 2.15. The molecule has 1 aromatic carbocycles. The maximum Gasteiger partial charge on any atom is 0.166 e. The van der Waals surface area contributed by atoms with E-state index in [9.17, 15) is 4.79 Å². The molecule has 1 aromatic rings. The molecule has 0 N–H and O–H groups in total. The first-order valence-corrected chi connectivity index (χ1v) is 8.15. The van der Waals surface area contributed by atoms with Crippen LogP contribution in [0, 0.1) is 5.92 Å². The standard InChI is InChI=1S/C18H25NO3/c1-12(2)22-17-6-4-13(5-7-17)18(20)14-8-15-10-21-11-16(9-14)19(15)3/h4-7,12,14-16H,8-11H2,1-3H3. The predicted molar refractivity (Wildman–Crippen MR) is 85.4 cm³/mol. The highest BCUT2D eigenvalue weighted by molar-refractivity contribution is 5.98. The number of ketones is 1. The molecule has 4 heteroatoms. The highest BCUT2D eigenvalue weighted by Crippen LogP contribution is 2.32. The summed E-state index contributed by atoms with van der Waals surface area (Å²) >= 11 is 0. The molecule has 0 saturated carbocycles. The summed E-state index contributed by atoms with van der Waals surface area (Å²) in [5.41, 5.74) is 0.796. The molecule has 2 unspecified atom stereocenters. The van der Waals surface area contributed by atoms with Gasteiger partial charge >= 0.3 is 0 Å². The Morgan fingerprint density at radius 1 is 1.18 bits per heavy atom. The van der Waals surface area contributed by atoms with Gasteiger partial charge in [-0.05, 0) is 58.0 Å². The number of benzene rings is 1. The summed E-state index contributed by atoms with van der Waals surface area (Å²) in [6.07, 6.45) is 1.95. The lowest BCUT2D eigenvalue weighted by Crippen LogP contribution is -2.55. The number of nitrogens with zero attached hydrogens (tertiary/aromatic N) is 1. The maximum absolute atomic E-state index is 12.8. The number of likely N-dealkylation sites (N-methyl/N-ethyl adjacent to an activating group) is 1. The zero-order chi connectivity index (χ0) is 15.7. The Labute approximate surface area is 132 Å². The topological polar surface area (TPSA) is 38.8 Å². The van der Waals surface area contributed by atoms with Crippen molar-refractivity contribution in [1.82, 2.24) is 4.90 Å². The van der Waals surface area contributed by atoms with Crippen LogP contribution in [0.2, 0.25) is 0 Å². The van der Waals surface area contributed by atoms with Crippen molar-refractivity contribution >= 4 is 5.78 Å². The third-order valence-electron chi connectivity index (χ3n) is 4.77. The number of ether oxygens (including phenoxy) is 2. The first kappa shape index (κ1) is 15.5. The molecule has 3 rings (SSSR count). The van der Waals surface area contributed by atoms with Gasteiger partial charge in [-0.25, -0.2) is 0 Å². The quantitative estimate of drug-likeness (QED) is 0.802. The molecule has 2 saturated heterocycles. The van der Waals surface area contributed by atoms with Crippen LogP contribution in [0.1, 0.15) is 37.0 Å². The SMILES string of the molecule is CC(C)Oc1ccc(C(=O)C2CC3COCC(C2)N3C)cc1. The van der Waals surface area contributed by atoms with Crippen molar-refractivity contribution in [3.63, 3.8) is 0 Å². The van der Waals surface area contributed by atoms with E-state index in [0.717, 1.165) is 37.4 Å². The van der Waals surface area contributed by atoms with Crippen LogP contribution in [-0.2, 0) is 4.74 Å². The van der Waals surface area contributed by atoms with E-state index in [4.69, 9.17) is 9.47 Å². The minimum atomic E-state index is 0.118. The van der Waals surface area contributed by atoms with Crippen LogP contribution >= 0.6 is 0 Å². The van der Waals surface area contributed by atoms with Gasteiger partial charge in [-0.3, -0.25) is 9.69 Å². The van der Waals surface area contributed by atoms with E-state index in [1.807, 2.05) is 38.1 Å².